The Balaban J connectivity index is 1.95. The van der Waals surface area contributed by atoms with Gasteiger partial charge in [-0.25, -0.2) is 0 Å². The van der Waals surface area contributed by atoms with Gasteiger partial charge in [-0.05, 0) is 65.7 Å². The molecule has 2 rings (SSSR count). The maximum absolute atomic E-state index is 11.5. The van der Waals surface area contributed by atoms with Gasteiger partial charge < -0.3 is 21.3 Å². The largest absolute Gasteiger partial charge is 0.368 e. The molecular weight excluding hydrogens is 240 g/mol. The van der Waals surface area contributed by atoms with Crippen LogP contribution in [0.3, 0.4) is 0 Å². The highest BCUT2D eigenvalue weighted by Gasteiger charge is 2.40. The van der Waals surface area contributed by atoms with Crippen molar-refractivity contribution in [1.82, 2.24) is 9.80 Å². The predicted octanol–water partition coefficient (Wildman–Crippen LogP) is 0.138. The van der Waals surface area contributed by atoms with Crippen molar-refractivity contribution in [3.63, 3.8) is 0 Å². The van der Waals surface area contributed by atoms with Gasteiger partial charge in [-0.2, -0.15) is 0 Å². The summed E-state index contributed by atoms with van der Waals surface area (Å²) in [6.07, 6.45) is 6.00. The minimum atomic E-state index is -0.789. The average Bonchev–Trinajstić information content (AvgIpc) is 2.39. The molecule has 0 spiro atoms. The number of piperidine rings is 1. The number of nitrogens with two attached hydrogens (primary N) is 2. The Bertz CT molecular complexity index is 327. The lowest BCUT2D eigenvalue weighted by Crippen LogP contribution is -2.59. The van der Waals surface area contributed by atoms with E-state index in [0.29, 0.717) is 18.5 Å². The minimum absolute atomic E-state index is 0.339. The molecule has 2 unspecified atom stereocenters. The molecule has 1 saturated carbocycles. The summed E-state index contributed by atoms with van der Waals surface area (Å²) in [4.78, 5) is 16.4. The van der Waals surface area contributed by atoms with Crippen LogP contribution in [0.15, 0.2) is 0 Å². The van der Waals surface area contributed by atoms with Crippen molar-refractivity contribution < 1.29 is 4.79 Å². The number of likely N-dealkylation sites (tertiary alicyclic amines) is 1. The molecule has 1 amide bonds. The van der Waals surface area contributed by atoms with E-state index < -0.39 is 5.54 Å². The number of carbonyl (C=O) groups excluding carboxylic acids is 1. The second-order valence-electron chi connectivity index (χ2n) is 6.47. The molecule has 19 heavy (non-hydrogen) atoms. The number of amides is 1. The van der Waals surface area contributed by atoms with Crippen molar-refractivity contribution in [2.45, 2.75) is 56.1 Å². The number of nitrogens with zero attached hydrogens (tertiary/aromatic N) is 2. The third-order valence-electron chi connectivity index (χ3n) is 5.09. The van der Waals surface area contributed by atoms with E-state index in [2.05, 4.69) is 23.9 Å². The van der Waals surface area contributed by atoms with Gasteiger partial charge >= 0.3 is 0 Å². The monoisotopic (exact) mass is 268 g/mol. The first-order chi connectivity index (χ1) is 8.92. The maximum atomic E-state index is 11.5. The highest BCUT2D eigenvalue weighted by atomic mass is 16.1. The fourth-order valence-corrected chi connectivity index (χ4v) is 3.55. The Hall–Kier alpha value is -0.650. The molecule has 0 aromatic rings. The van der Waals surface area contributed by atoms with Crippen molar-refractivity contribution >= 4 is 5.91 Å². The van der Waals surface area contributed by atoms with E-state index in [9.17, 15) is 4.79 Å². The molecule has 2 atom stereocenters. The predicted molar refractivity (Wildman–Crippen MR) is 76.7 cm³/mol. The molecule has 5 heteroatoms. The van der Waals surface area contributed by atoms with Gasteiger partial charge in [0, 0.05) is 12.1 Å². The topological polar surface area (TPSA) is 75.6 Å². The van der Waals surface area contributed by atoms with Crippen LogP contribution < -0.4 is 11.5 Å². The summed E-state index contributed by atoms with van der Waals surface area (Å²) in [7, 11) is 4.36. The first-order valence-electron chi connectivity index (χ1n) is 7.41. The zero-order valence-electron chi connectivity index (χ0n) is 12.3. The zero-order valence-corrected chi connectivity index (χ0v) is 12.3. The molecule has 110 valence electrons. The summed E-state index contributed by atoms with van der Waals surface area (Å²) in [5.41, 5.74) is 10.9. The highest BCUT2D eigenvalue weighted by molar-refractivity contribution is 5.84. The van der Waals surface area contributed by atoms with E-state index in [1.165, 1.54) is 12.8 Å². The molecule has 0 radical (unpaired) electrons. The van der Waals surface area contributed by atoms with Crippen LogP contribution in [0.5, 0.6) is 0 Å². The van der Waals surface area contributed by atoms with Crippen LogP contribution in [0.25, 0.3) is 0 Å². The molecule has 5 nitrogen and oxygen atoms in total. The molecule has 4 N–H and O–H groups in total. The fraction of sp³-hybridized carbons (Fsp3) is 0.929. The second-order valence-corrected chi connectivity index (χ2v) is 6.47. The van der Waals surface area contributed by atoms with E-state index >= 15 is 0 Å². The minimum Gasteiger partial charge on any atom is -0.368 e. The van der Waals surface area contributed by atoms with Crippen LogP contribution >= 0.6 is 0 Å². The summed E-state index contributed by atoms with van der Waals surface area (Å²) >= 11 is 0. The molecule has 1 heterocycles. The van der Waals surface area contributed by atoms with Crippen LogP contribution in [0, 0.1) is 0 Å². The first-order valence-corrected chi connectivity index (χ1v) is 7.41. The lowest BCUT2D eigenvalue weighted by Gasteiger charge is -2.44. The van der Waals surface area contributed by atoms with E-state index in [0.717, 1.165) is 32.4 Å². The molecule has 1 aliphatic heterocycles. The zero-order chi connectivity index (χ0) is 14.0. The summed E-state index contributed by atoms with van der Waals surface area (Å²) in [6.45, 7) is 2.32. The van der Waals surface area contributed by atoms with E-state index in [-0.39, 0.29) is 5.91 Å². The summed E-state index contributed by atoms with van der Waals surface area (Å²) in [6, 6.07) is 1.02. The third kappa shape index (κ3) is 3.27. The van der Waals surface area contributed by atoms with Gasteiger partial charge in [0.2, 0.25) is 5.91 Å². The van der Waals surface area contributed by atoms with Gasteiger partial charge in [0.25, 0.3) is 0 Å². The molecule has 1 saturated heterocycles. The third-order valence-corrected chi connectivity index (χ3v) is 5.09. The summed E-state index contributed by atoms with van der Waals surface area (Å²) in [5.74, 6) is -0.339. The molecule has 0 aromatic heterocycles. The van der Waals surface area contributed by atoms with E-state index in [1.807, 2.05) is 0 Å². The maximum Gasteiger partial charge on any atom is 0.237 e. The second kappa shape index (κ2) is 5.77. The average molecular weight is 268 g/mol. The molecule has 0 bridgehead atoms. The number of rotatable bonds is 3. The Morgan fingerprint density at radius 3 is 2.47 bits per heavy atom. The van der Waals surface area contributed by atoms with Crippen molar-refractivity contribution in [3.05, 3.63) is 0 Å². The normalized spacial score (nSPS) is 34.6. The summed E-state index contributed by atoms with van der Waals surface area (Å²) in [5, 5.41) is 0. The van der Waals surface area contributed by atoms with Crippen LogP contribution in [-0.2, 0) is 4.79 Å². The first kappa shape index (κ1) is 14.8. The van der Waals surface area contributed by atoms with Crippen LogP contribution in [0.4, 0.5) is 0 Å². The fourth-order valence-electron chi connectivity index (χ4n) is 3.55. The smallest absolute Gasteiger partial charge is 0.237 e. The van der Waals surface area contributed by atoms with Crippen molar-refractivity contribution in [3.8, 4) is 0 Å². The Kier molecular flexibility index (Phi) is 4.48. The Labute approximate surface area is 116 Å². The number of hydrogen-bond acceptors (Lipinski definition) is 4. The van der Waals surface area contributed by atoms with Gasteiger partial charge in [-0.3, -0.25) is 4.79 Å². The molecule has 1 aliphatic carbocycles. The van der Waals surface area contributed by atoms with Crippen LogP contribution in [-0.4, -0.2) is 60.5 Å². The van der Waals surface area contributed by atoms with Crippen LogP contribution in [0.1, 0.15) is 38.5 Å². The Morgan fingerprint density at radius 1 is 1.26 bits per heavy atom. The van der Waals surface area contributed by atoms with Gasteiger partial charge in [0.15, 0.2) is 0 Å². The quantitative estimate of drug-likeness (QED) is 0.763. The Morgan fingerprint density at radius 2 is 1.89 bits per heavy atom. The number of carbonyl (C=O) groups is 1. The lowest BCUT2D eigenvalue weighted by atomic mass is 9.78. The van der Waals surface area contributed by atoms with Gasteiger partial charge in [-0.1, -0.05) is 0 Å². The van der Waals surface area contributed by atoms with Crippen molar-refractivity contribution in [1.29, 1.82) is 0 Å². The molecule has 0 aromatic carbocycles. The van der Waals surface area contributed by atoms with Crippen LogP contribution in [0.2, 0.25) is 0 Å². The number of hydrogen-bond donors (Lipinski definition) is 2. The van der Waals surface area contributed by atoms with Gasteiger partial charge in [-0.15, -0.1) is 0 Å². The summed E-state index contributed by atoms with van der Waals surface area (Å²) < 4.78 is 0. The lowest BCUT2D eigenvalue weighted by molar-refractivity contribution is -0.125. The highest BCUT2D eigenvalue weighted by Crippen LogP contribution is 2.31. The van der Waals surface area contributed by atoms with E-state index in [4.69, 9.17) is 11.5 Å². The SMILES string of the molecule is CN1CCC(N(C)C2CCCC(N)(C(N)=O)C2)CC1. The van der Waals surface area contributed by atoms with E-state index in [1.54, 1.807) is 0 Å². The number of primary amides is 1. The molecule has 2 aliphatic rings. The van der Waals surface area contributed by atoms with Gasteiger partial charge in [0.05, 0.1) is 5.54 Å². The van der Waals surface area contributed by atoms with Crippen molar-refractivity contribution in [2.24, 2.45) is 11.5 Å². The standard InChI is InChI=1S/C14H28N4O/c1-17-8-5-11(6-9-17)18(2)12-4-3-7-14(16,10-12)13(15)19/h11-12H,3-10,16H2,1-2H3,(H2,15,19). The van der Waals surface area contributed by atoms with Crippen molar-refractivity contribution in [2.75, 3.05) is 27.2 Å². The molecule has 2 fully saturated rings. The van der Waals surface area contributed by atoms with Gasteiger partial charge in [0.1, 0.15) is 0 Å². The molecular formula is C14H28N4O.